The zero-order chi connectivity index (χ0) is 11.4. The van der Waals surface area contributed by atoms with Crippen molar-refractivity contribution in [1.82, 2.24) is 0 Å². The molecule has 0 aliphatic heterocycles. The van der Waals surface area contributed by atoms with Gasteiger partial charge in [-0.1, -0.05) is 0 Å². The number of nitrogens with zero attached hydrogens (tertiary/aromatic N) is 1. The smallest absolute Gasteiger partial charge is 0.160 e. The lowest BCUT2D eigenvalue weighted by Crippen LogP contribution is -2.01. The fourth-order valence-electron chi connectivity index (χ4n) is 1.25. The number of ether oxygens (including phenoxy) is 1. The van der Waals surface area contributed by atoms with Crippen LogP contribution < -0.4 is 4.74 Å². The summed E-state index contributed by atoms with van der Waals surface area (Å²) in [5.41, 5.74) is 0.717. The molecule has 0 N–H and O–H groups in total. The summed E-state index contributed by atoms with van der Waals surface area (Å²) in [6.45, 7) is 1.34. The number of nitriles is 1. The lowest BCUT2D eigenvalue weighted by molar-refractivity contribution is 0.100. The highest BCUT2D eigenvalue weighted by Crippen LogP contribution is 2.22. The van der Waals surface area contributed by atoms with E-state index in [1.54, 1.807) is 0 Å². The van der Waals surface area contributed by atoms with Gasteiger partial charge in [0, 0.05) is 11.1 Å². The summed E-state index contributed by atoms with van der Waals surface area (Å²) < 4.78 is 4.92. The van der Waals surface area contributed by atoms with Crippen molar-refractivity contribution < 1.29 is 14.3 Å². The fraction of sp³-hybridized carbons (Fsp3) is 0.182. The van der Waals surface area contributed by atoms with Crippen LogP contribution >= 0.6 is 0 Å². The molecule has 0 saturated carbocycles. The molecular formula is C11H9NO3. The molecule has 0 radical (unpaired) electrons. The highest BCUT2D eigenvalue weighted by atomic mass is 16.5. The Kier molecular flexibility index (Phi) is 3.19. The molecule has 15 heavy (non-hydrogen) atoms. The van der Waals surface area contributed by atoms with Crippen LogP contribution in [0.25, 0.3) is 0 Å². The molecular weight excluding hydrogens is 194 g/mol. The van der Waals surface area contributed by atoms with Crippen molar-refractivity contribution in [2.24, 2.45) is 0 Å². The molecule has 0 atom stereocenters. The van der Waals surface area contributed by atoms with Crippen LogP contribution in [0.3, 0.4) is 0 Å². The average molecular weight is 203 g/mol. The molecule has 0 aliphatic rings. The minimum absolute atomic E-state index is 0.235. The maximum atomic E-state index is 11.2. The summed E-state index contributed by atoms with van der Waals surface area (Å²) in [5, 5.41) is 8.79. The Bertz CT molecular complexity index is 458. The number of aldehydes is 1. The second-order valence-electron chi connectivity index (χ2n) is 2.93. The highest BCUT2D eigenvalue weighted by Gasteiger charge is 2.12. The number of carbonyl (C=O) groups is 2. The third kappa shape index (κ3) is 2.02. The Morgan fingerprint density at radius 1 is 1.53 bits per heavy atom. The first-order valence-corrected chi connectivity index (χ1v) is 4.22. The Labute approximate surface area is 87.1 Å². The summed E-state index contributed by atoms with van der Waals surface area (Å²) in [5.74, 6) is 0.0425. The predicted octanol–water partition coefficient (Wildman–Crippen LogP) is 1.58. The number of hydrogen-bond donors (Lipinski definition) is 0. The minimum atomic E-state index is -0.253. The lowest BCUT2D eigenvalue weighted by Gasteiger charge is -2.06. The molecule has 0 aliphatic carbocycles. The molecule has 4 nitrogen and oxygen atoms in total. The van der Waals surface area contributed by atoms with Gasteiger partial charge in [0.2, 0.25) is 0 Å². The van der Waals surface area contributed by atoms with E-state index in [1.807, 2.05) is 6.07 Å². The largest absolute Gasteiger partial charge is 0.495 e. The molecule has 0 amide bonds. The van der Waals surface area contributed by atoms with E-state index >= 15 is 0 Å². The number of Topliss-reactive ketones (excluding diaryl/α,β-unsaturated/α-hetero) is 1. The van der Waals surface area contributed by atoms with E-state index < -0.39 is 0 Å². The summed E-state index contributed by atoms with van der Waals surface area (Å²) in [7, 11) is 1.40. The van der Waals surface area contributed by atoms with Gasteiger partial charge in [-0.15, -0.1) is 0 Å². The summed E-state index contributed by atoms with van der Waals surface area (Å²) in [6.07, 6.45) is 0.570. The predicted molar refractivity (Wildman–Crippen MR) is 53.1 cm³/mol. The van der Waals surface area contributed by atoms with Crippen molar-refractivity contribution >= 4 is 12.1 Å². The first-order chi connectivity index (χ1) is 7.13. The molecule has 4 heteroatoms. The van der Waals surface area contributed by atoms with Crippen LogP contribution in [0.1, 0.15) is 33.2 Å². The normalized spacial score (nSPS) is 9.13. The van der Waals surface area contributed by atoms with Crippen LogP contribution in [-0.4, -0.2) is 19.2 Å². The van der Waals surface area contributed by atoms with E-state index in [2.05, 4.69) is 0 Å². The summed E-state index contributed by atoms with van der Waals surface area (Å²) in [4.78, 5) is 21.9. The number of carbonyl (C=O) groups excluding carboxylic acids is 2. The van der Waals surface area contributed by atoms with Crippen LogP contribution in [0.5, 0.6) is 5.75 Å². The van der Waals surface area contributed by atoms with Gasteiger partial charge in [0.05, 0.1) is 12.7 Å². The van der Waals surface area contributed by atoms with Gasteiger partial charge in [-0.25, -0.2) is 0 Å². The highest BCUT2D eigenvalue weighted by molar-refractivity contribution is 6.02. The number of ketones is 1. The summed E-state index contributed by atoms with van der Waals surface area (Å²) >= 11 is 0. The third-order valence-corrected chi connectivity index (χ3v) is 2.00. The van der Waals surface area contributed by atoms with E-state index in [0.717, 1.165) is 0 Å². The van der Waals surface area contributed by atoms with Crippen molar-refractivity contribution in [2.75, 3.05) is 7.11 Å². The van der Waals surface area contributed by atoms with Crippen LogP contribution in [0.2, 0.25) is 0 Å². The third-order valence-electron chi connectivity index (χ3n) is 2.00. The Morgan fingerprint density at radius 3 is 2.60 bits per heavy atom. The minimum Gasteiger partial charge on any atom is -0.495 e. The van der Waals surface area contributed by atoms with Gasteiger partial charge in [-0.2, -0.15) is 5.26 Å². The topological polar surface area (TPSA) is 67.2 Å². The molecule has 1 rings (SSSR count). The maximum absolute atomic E-state index is 11.2. The Hall–Kier alpha value is -2.15. The lowest BCUT2D eigenvalue weighted by atomic mass is 10.0. The standard InChI is InChI=1S/C11H9NO3/c1-7(14)10-3-8(5-12)11(15-2)4-9(10)6-13/h3-4,6H,1-2H3. The molecule has 0 heterocycles. The molecule has 0 unspecified atom stereocenters. The number of methoxy groups -OCH3 is 1. The van der Waals surface area contributed by atoms with E-state index in [0.29, 0.717) is 12.0 Å². The molecule has 0 fully saturated rings. The van der Waals surface area contributed by atoms with Gasteiger partial charge < -0.3 is 4.74 Å². The fourth-order valence-corrected chi connectivity index (χ4v) is 1.25. The Balaban J connectivity index is 3.49. The van der Waals surface area contributed by atoms with Gasteiger partial charge in [0.15, 0.2) is 12.1 Å². The Morgan fingerprint density at radius 2 is 2.20 bits per heavy atom. The van der Waals surface area contributed by atoms with E-state index in [1.165, 1.54) is 26.2 Å². The number of rotatable bonds is 3. The maximum Gasteiger partial charge on any atom is 0.160 e. The molecule has 0 bridgehead atoms. The van der Waals surface area contributed by atoms with Crippen LogP contribution in [0.4, 0.5) is 0 Å². The first-order valence-electron chi connectivity index (χ1n) is 4.22. The SMILES string of the molecule is COc1cc(C=O)c(C(C)=O)cc1C#N. The van der Waals surface area contributed by atoms with Gasteiger partial charge in [-0.3, -0.25) is 9.59 Å². The zero-order valence-corrected chi connectivity index (χ0v) is 8.40. The first kappa shape index (κ1) is 10.9. The molecule has 1 aromatic carbocycles. The van der Waals surface area contributed by atoms with Gasteiger partial charge in [0.25, 0.3) is 0 Å². The van der Waals surface area contributed by atoms with Crippen molar-refractivity contribution in [3.05, 3.63) is 28.8 Å². The molecule has 0 saturated heterocycles. The second kappa shape index (κ2) is 4.38. The van der Waals surface area contributed by atoms with Gasteiger partial charge >= 0.3 is 0 Å². The van der Waals surface area contributed by atoms with Crippen molar-refractivity contribution in [1.29, 1.82) is 5.26 Å². The van der Waals surface area contributed by atoms with Gasteiger partial charge in [0.1, 0.15) is 11.8 Å². The van der Waals surface area contributed by atoms with Crippen LogP contribution in [0, 0.1) is 11.3 Å². The second-order valence-corrected chi connectivity index (χ2v) is 2.93. The van der Waals surface area contributed by atoms with Crippen molar-refractivity contribution in [3.63, 3.8) is 0 Å². The summed E-state index contributed by atoms with van der Waals surface area (Å²) in [6, 6.07) is 4.66. The van der Waals surface area contributed by atoms with Crippen molar-refractivity contribution in [3.8, 4) is 11.8 Å². The van der Waals surface area contributed by atoms with E-state index in [-0.39, 0.29) is 22.5 Å². The monoisotopic (exact) mass is 203 g/mol. The van der Waals surface area contributed by atoms with Crippen molar-refractivity contribution in [2.45, 2.75) is 6.92 Å². The number of hydrogen-bond acceptors (Lipinski definition) is 4. The van der Waals surface area contributed by atoms with Crippen LogP contribution in [-0.2, 0) is 0 Å². The molecule has 1 aromatic rings. The average Bonchev–Trinajstić information content (AvgIpc) is 2.26. The quantitative estimate of drug-likeness (QED) is 0.552. The van der Waals surface area contributed by atoms with Crippen LogP contribution in [0.15, 0.2) is 12.1 Å². The number of benzene rings is 1. The zero-order valence-electron chi connectivity index (χ0n) is 8.40. The molecule has 0 spiro atoms. The molecule has 0 aromatic heterocycles. The van der Waals surface area contributed by atoms with Gasteiger partial charge in [-0.05, 0) is 19.1 Å². The molecule has 76 valence electrons. The van der Waals surface area contributed by atoms with E-state index in [4.69, 9.17) is 10.00 Å². The van der Waals surface area contributed by atoms with E-state index in [9.17, 15) is 9.59 Å².